The third-order valence-electron chi connectivity index (χ3n) is 4.26. The van der Waals surface area contributed by atoms with Crippen molar-refractivity contribution in [2.45, 2.75) is 26.2 Å². The first-order chi connectivity index (χ1) is 9.11. The van der Waals surface area contributed by atoms with Gasteiger partial charge in [0.25, 0.3) is 0 Å². The van der Waals surface area contributed by atoms with Crippen LogP contribution in [0.25, 0.3) is 0 Å². The van der Waals surface area contributed by atoms with E-state index in [1.165, 1.54) is 20.0 Å². The maximum absolute atomic E-state index is 12.2. The summed E-state index contributed by atoms with van der Waals surface area (Å²) < 4.78 is 4.64. The Labute approximate surface area is 114 Å². The fourth-order valence-electron chi connectivity index (χ4n) is 2.63. The van der Waals surface area contributed by atoms with E-state index >= 15 is 0 Å². The highest BCUT2D eigenvalue weighted by Gasteiger charge is 2.35. The first kappa shape index (κ1) is 14.3. The number of carbonyl (C=O) groups is 2. The fraction of sp³-hybridized carbons (Fsp3) is 0.857. The molecule has 5 heteroatoms. The van der Waals surface area contributed by atoms with Gasteiger partial charge in [-0.3, -0.25) is 14.5 Å². The standard InChI is InChI=1S/C14H24N2O3/c1-11(12-3-4-12)14(18)16-9-7-15(8-10-16)6-5-13(17)19-2/h11-12H,3-10H2,1-2H3. The highest BCUT2D eigenvalue weighted by atomic mass is 16.5. The number of carbonyl (C=O) groups excluding carboxylic acids is 2. The first-order valence-electron chi connectivity index (χ1n) is 7.19. The Hall–Kier alpha value is -1.10. The van der Waals surface area contributed by atoms with Gasteiger partial charge in [-0.25, -0.2) is 0 Å². The van der Waals surface area contributed by atoms with Gasteiger partial charge in [0.1, 0.15) is 0 Å². The summed E-state index contributed by atoms with van der Waals surface area (Å²) in [6.07, 6.45) is 2.86. The van der Waals surface area contributed by atoms with Gasteiger partial charge in [-0.05, 0) is 18.8 Å². The molecule has 0 aromatic heterocycles. The minimum absolute atomic E-state index is 0.166. The normalized spacial score (nSPS) is 22.1. The summed E-state index contributed by atoms with van der Waals surface area (Å²) in [4.78, 5) is 27.5. The van der Waals surface area contributed by atoms with Crippen LogP contribution in [0.1, 0.15) is 26.2 Å². The van der Waals surface area contributed by atoms with Crippen LogP contribution in [-0.4, -0.2) is 61.5 Å². The molecule has 108 valence electrons. The summed E-state index contributed by atoms with van der Waals surface area (Å²) in [5.74, 6) is 0.974. The highest BCUT2D eigenvalue weighted by molar-refractivity contribution is 5.79. The second-order valence-electron chi connectivity index (χ2n) is 5.62. The molecule has 2 rings (SSSR count). The van der Waals surface area contributed by atoms with E-state index in [2.05, 4.69) is 16.6 Å². The molecule has 1 amide bonds. The molecule has 19 heavy (non-hydrogen) atoms. The van der Waals surface area contributed by atoms with E-state index in [4.69, 9.17) is 0 Å². The lowest BCUT2D eigenvalue weighted by Gasteiger charge is -2.35. The van der Waals surface area contributed by atoms with E-state index in [1.54, 1.807) is 0 Å². The van der Waals surface area contributed by atoms with Gasteiger partial charge >= 0.3 is 5.97 Å². The van der Waals surface area contributed by atoms with Gasteiger partial charge in [0.05, 0.1) is 13.5 Å². The maximum Gasteiger partial charge on any atom is 0.306 e. The lowest BCUT2D eigenvalue weighted by molar-refractivity contribution is -0.142. The number of nitrogens with zero attached hydrogens (tertiary/aromatic N) is 2. The van der Waals surface area contributed by atoms with Crippen molar-refractivity contribution in [2.75, 3.05) is 39.8 Å². The molecule has 0 aromatic rings. The van der Waals surface area contributed by atoms with Crippen LogP contribution in [-0.2, 0) is 14.3 Å². The summed E-state index contributed by atoms with van der Waals surface area (Å²) in [6, 6.07) is 0. The molecule has 2 fully saturated rings. The van der Waals surface area contributed by atoms with Crippen LogP contribution in [0.2, 0.25) is 0 Å². The van der Waals surface area contributed by atoms with Crippen molar-refractivity contribution in [1.29, 1.82) is 0 Å². The molecule has 0 aromatic carbocycles. The summed E-state index contributed by atoms with van der Waals surface area (Å²) in [6.45, 7) is 6.09. The van der Waals surface area contributed by atoms with Crippen LogP contribution >= 0.6 is 0 Å². The number of methoxy groups -OCH3 is 1. The summed E-state index contributed by atoms with van der Waals surface area (Å²) in [5, 5.41) is 0. The lowest BCUT2D eigenvalue weighted by Crippen LogP contribution is -2.50. The molecule has 1 heterocycles. The minimum atomic E-state index is -0.166. The van der Waals surface area contributed by atoms with Gasteiger partial charge < -0.3 is 9.64 Å². The Morgan fingerprint density at radius 2 is 1.84 bits per heavy atom. The second-order valence-corrected chi connectivity index (χ2v) is 5.62. The van der Waals surface area contributed by atoms with Crippen molar-refractivity contribution >= 4 is 11.9 Å². The molecule has 1 saturated carbocycles. The van der Waals surface area contributed by atoms with Crippen LogP contribution in [0.4, 0.5) is 0 Å². The zero-order chi connectivity index (χ0) is 13.8. The molecule has 0 spiro atoms. The number of rotatable bonds is 5. The molecule has 1 aliphatic heterocycles. The maximum atomic E-state index is 12.2. The first-order valence-corrected chi connectivity index (χ1v) is 7.19. The molecule has 0 N–H and O–H groups in total. The number of esters is 1. The Morgan fingerprint density at radius 1 is 1.21 bits per heavy atom. The van der Waals surface area contributed by atoms with Crippen molar-refractivity contribution in [3.05, 3.63) is 0 Å². The molecule has 0 bridgehead atoms. The van der Waals surface area contributed by atoms with Gasteiger partial charge in [0.15, 0.2) is 0 Å². The Balaban J connectivity index is 1.69. The largest absolute Gasteiger partial charge is 0.469 e. The summed E-state index contributed by atoms with van der Waals surface area (Å²) >= 11 is 0. The van der Waals surface area contributed by atoms with Gasteiger partial charge in [-0.1, -0.05) is 6.92 Å². The van der Waals surface area contributed by atoms with Crippen LogP contribution < -0.4 is 0 Å². The Morgan fingerprint density at radius 3 is 2.37 bits per heavy atom. The molecular weight excluding hydrogens is 244 g/mol. The van der Waals surface area contributed by atoms with Gasteiger partial charge in [-0.2, -0.15) is 0 Å². The van der Waals surface area contributed by atoms with E-state index in [0.29, 0.717) is 18.2 Å². The highest BCUT2D eigenvalue weighted by Crippen LogP contribution is 2.37. The monoisotopic (exact) mass is 268 g/mol. The number of ether oxygens (including phenoxy) is 1. The zero-order valence-corrected chi connectivity index (χ0v) is 11.9. The van der Waals surface area contributed by atoms with E-state index < -0.39 is 0 Å². The fourth-order valence-corrected chi connectivity index (χ4v) is 2.63. The zero-order valence-electron chi connectivity index (χ0n) is 11.9. The Bertz CT molecular complexity index is 334. The van der Waals surface area contributed by atoms with Crippen molar-refractivity contribution in [2.24, 2.45) is 11.8 Å². The average Bonchev–Trinajstić information content (AvgIpc) is 3.28. The number of amides is 1. The molecule has 2 aliphatic rings. The lowest BCUT2D eigenvalue weighted by atomic mass is 10.0. The number of hydrogen-bond acceptors (Lipinski definition) is 4. The van der Waals surface area contributed by atoms with Gasteiger partial charge in [-0.15, -0.1) is 0 Å². The molecule has 1 aliphatic carbocycles. The molecule has 5 nitrogen and oxygen atoms in total. The van der Waals surface area contributed by atoms with Crippen LogP contribution in [0, 0.1) is 11.8 Å². The predicted molar refractivity (Wildman–Crippen MR) is 71.5 cm³/mol. The SMILES string of the molecule is COC(=O)CCN1CCN(C(=O)C(C)C2CC2)CC1. The van der Waals surface area contributed by atoms with E-state index in [0.717, 1.165) is 32.7 Å². The summed E-state index contributed by atoms with van der Waals surface area (Å²) in [5.41, 5.74) is 0. The van der Waals surface area contributed by atoms with Crippen molar-refractivity contribution in [3.8, 4) is 0 Å². The smallest absolute Gasteiger partial charge is 0.306 e. The third kappa shape index (κ3) is 3.93. The van der Waals surface area contributed by atoms with Gasteiger partial charge in [0, 0.05) is 38.6 Å². The minimum Gasteiger partial charge on any atom is -0.469 e. The molecule has 0 radical (unpaired) electrons. The van der Waals surface area contributed by atoms with E-state index in [1.807, 2.05) is 4.90 Å². The number of piperazine rings is 1. The van der Waals surface area contributed by atoms with Crippen LogP contribution in [0.3, 0.4) is 0 Å². The third-order valence-corrected chi connectivity index (χ3v) is 4.26. The van der Waals surface area contributed by atoms with E-state index in [9.17, 15) is 9.59 Å². The number of hydrogen-bond donors (Lipinski definition) is 0. The second kappa shape index (κ2) is 6.37. The van der Waals surface area contributed by atoms with Crippen molar-refractivity contribution < 1.29 is 14.3 Å². The van der Waals surface area contributed by atoms with Crippen molar-refractivity contribution in [3.63, 3.8) is 0 Å². The molecule has 1 unspecified atom stereocenters. The van der Waals surface area contributed by atoms with Gasteiger partial charge in [0.2, 0.25) is 5.91 Å². The molecule has 1 atom stereocenters. The molecular formula is C14H24N2O3. The van der Waals surface area contributed by atoms with Crippen LogP contribution in [0.15, 0.2) is 0 Å². The van der Waals surface area contributed by atoms with Crippen LogP contribution in [0.5, 0.6) is 0 Å². The topological polar surface area (TPSA) is 49.9 Å². The quantitative estimate of drug-likeness (QED) is 0.690. The van der Waals surface area contributed by atoms with Crippen molar-refractivity contribution in [1.82, 2.24) is 9.80 Å². The average molecular weight is 268 g/mol. The molecule has 1 saturated heterocycles. The summed E-state index contributed by atoms with van der Waals surface area (Å²) in [7, 11) is 1.41. The predicted octanol–water partition coefficient (Wildman–Crippen LogP) is 0.740. The Kier molecular flexibility index (Phi) is 4.80. The van der Waals surface area contributed by atoms with E-state index in [-0.39, 0.29) is 11.9 Å².